The first-order chi connectivity index (χ1) is 8.75. The second-order valence-electron chi connectivity index (χ2n) is 4.38. The summed E-state index contributed by atoms with van der Waals surface area (Å²) >= 11 is 3.51. The van der Waals surface area contributed by atoms with Gasteiger partial charge in [-0.1, -0.05) is 28.1 Å². The average molecular weight is 308 g/mol. The third-order valence-corrected chi connectivity index (χ3v) is 3.74. The van der Waals surface area contributed by atoms with Crippen LogP contribution in [-0.4, -0.2) is 16.3 Å². The predicted molar refractivity (Wildman–Crippen MR) is 77.4 cm³/mol. The Morgan fingerprint density at radius 1 is 1.39 bits per heavy atom. The van der Waals surface area contributed by atoms with Crippen molar-refractivity contribution in [2.45, 2.75) is 26.4 Å². The summed E-state index contributed by atoms with van der Waals surface area (Å²) in [4.78, 5) is 0. The summed E-state index contributed by atoms with van der Waals surface area (Å²) in [5.74, 6) is 0. The summed E-state index contributed by atoms with van der Waals surface area (Å²) in [6.45, 7) is 5.02. The van der Waals surface area contributed by atoms with E-state index in [0.717, 1.165) is 26.1 Å². The summed E-state index contributed by atoms with van der Waals surface area (Å²) < 4.78 is 3.13. The molecule has 0 aliphatic heterocycles. The molecule has 96 valence electrons. The van der Waals surface area contributed by atoms with Crippen LogP contribution >= 0.6 is 15.9 Å². The molecule has 0 aliphatic carbocycles. The Bertz CT molecular complexity index is 480. The smallest absolute Gasteiger partial charge is 0.0489 e. The van der Waals surface area contributed by atoms with E-state index in [9.17, 15) is 0 Å². The number of hydrogen-bond acceptors (Lipinski definition) is 2. The van der Waals surface area contributed by atoms with Crippen LogP contribution in [0.4, 0.5) is 0 Å². The van der Waals surface area contributed by atoms with Gasteiger partial charge in [-0.3, -0.25) is 4.68 Å². The number of halogens is 1. The number of aryl methyl sites for hydroxylation is 2. The second-order valence-corrected chi connectivity index (χ2v) is 5.24. The lowest BCUT2D eigenvalue weighted by molar-refractivity contribution is 0.543. The fraction of sp³-hybridized carbons (Fsp3) is 0.357. The molecule has 1 heterocycles. The van der Waals surface area contributed by atoms with Crippen LogP contribution in [0.15, 0.2) is 41.1 Å². The van der Waals surface area contributed by atoms with E-state index in [1.165, 1.54) is 15.6 Å². The molecule has 1 N–H and O–H groups in total. The first kappa shape index (κ1) is 13.3. The molecule has 0 unspecified atom stereocenters. The van der Waals surface area contributed by atoms with Crippen LogP contribution in [-0.2, 0) is 13.1 Å². The van der Waals surface area contributed by atoms with Gasteiger partial charge in [-0.2, -0.15) is 5.10 Å². The van der Waals surface area contributed by atoms with Gasteiger partial charge in [-0.25, -0.2) is 0 Å². The fourth-order valence-electron chi connectivity index (χ4n) is 1.85. The van der Waals surface area contributed by atoms with Crippen molar-refractivity contribution < 1.29 is 0 Å². The van der Waals surface area contributed by atoms with E-state index in [0.29, 0.717) is 0 Å². The zero-order chi connectivity index (χ0) is 12.8. The molecule has 3 nitrogen and oxygen atoms in total. The highest BCUT2D eigenvalue weighted by Crippen LogP contribution is 2.16. The summed E-state index contributed by atoms with van der Waals surface area (Å²) in [6.07, 6.45) is 4.91. The summed E-state index contributed by atoms with van der Waals surface area (Å²) in [7, 11) is 0. The molecule has 0 aliphatic rings. The van der Waals surface area contributed by atoms with Crippen molar-refractivity contribution in [1.29, 1.82) is 0 Å². The number of nitrogens with zero attached hydrogens (tertiary/aromatic N) is 2. The summed E-state index contributed by atoms with van der Waals surface area (Å²) in [5, 5.41) is 7.63. The minimum Gasteiger partial charge on any atom is -0.313 e. The third kappa shape index (κ3) is 3.96. The maximum absolute atomic E-state index is 4.18. The number of benzene rings is 1. The molecule has 0 saturated heterocycles. The van der Waals surface area contributed by atoms with Crippen molar-refractivity contribution in [2.75, 3.05) is 6.54 Å². The van der Waals surface area contributed by atoms with Gasteiger partial charge < -0.3 is 5.32 Å². The van der Waals surface area contributed by atoms with Crippen LogP contribution in [0, 0.1) is 6.92 Å². The zero-order valence-corrected chi connectivity index (χ0v) is 12.2. The highest BCUT2D eigenvalue weighted by atomic mass is 79.9. The topological polar surface area (TPSA) is 29.9 Å². The van der Waals surface area contributed by atoms with Crippen molar-refractivity contribution in [3.63, 3.8) is 0 Å². The van der Waals surface area contributed by atoms with Gasteiger partial charge >= 0.3 is 0 Å². The minimum atomic E-state index is 0.924. The molecule has 4 heteroatoms. The Hall–Kier alpha value is -1.13. The maximum atomic E-state index is 4.18. The lowest BCUT2D eigenvalue weighted by atomic mass is 10.1. The maximum Gasteiger partial charge on any atom is 0.0489 e. The van der Waals surface area contributed by atoms with Crippen molar-refractivity contribution in [3.8, 4) is 0 Å². The molecule has 0 spiro atoms. The lowest BCUT2D eigenvalue weighted by Gasteiger charge is -2.07. The second kappa shape index (κ2) is 6.71. The molecule has 0 radical (unpaired) electrons. The van der Waals surface area contributed by atoms with Gasteiger partial charge in [0.25, 0.3) is 0 Å². The van der Waals surface area contributed by atoms with E-state index in [1.54, 1.807) is 0 Å². The van der Waals surface area contributed by atoms with E-state index in [4.69, 9.17) is 0 Å². The van der Waals surface area contributed by atoms with Crippen molar-refractivity contribution in [2.24, 2.45) is 0 Å². The fourth-order valence-corrected chi connectivity index (χ4v) is 2.09. The Labute approximate surface area is 116 Å². The van der Waals surface area contributed by atoms with Crippen LogP contribution in [0.25, 0.3) is 0 Å². The normalized spacial score (nSPS) is 10.8. The van der Waals surface area contributed by atoms with Gasteiger partial charge in [0.2, 0.25) is 0 Å². The van der Waals surface area contributed by atoms with Gasteiger partial charge in [0, 0.05) is 30.0 Å². The third-order valence-electron chi connectivity index (χ3n) is 2.85. The van der Waals surface area contributed by atoms with E-state index in [1.807, 2.05) is 23.1 Å². The summed E-state index contributed by atoms with van der Waals surface area (Å²) in [6, 6.07) is 8.43. The molecule has 2 aromatic rings. The molecule has 0 amide bonds. The van der Waals surface area contributed by atoms with Gasteiger partial charge in [0.15, 0.2) is 0 Å². The van der Waals surface area contributed by atoms with E-state index in [-0.39, 0.29) is 0 Å². The predicted octanol–water partition coefficient (Wildman–Crippen LogP) is 3.13. The Balaban J connectivity index is 1.67. The highest BCUT2D eigenvalue weighted by Gasteiger charge is 1.97. The molecule has 0 bridgehead atoms. The number of hydrogen-bond donors (Lipinski definition) is 1. The lowest BCUT2D eigenvalue weighted by Crippen LogP contribution is -2.16. The number of nitrogens with one attached hydrogen (secondary N) is 1. The SMILES string of the molecule is Cc1cc(CNCCCn2cccn2)ccc1Br. The Morgan fingerprint density at radius 2 is 2.28 bits per heavy atom. The molecule has 18 heavy (non-hydrogen) atoms. The number of aromatic nitrogens is 2. The minimum absolute atomic E-state index is 0.924. The molecule has 1 aromatic carbocycles. The highest BCUT2D eigenvalue weighted by molar-refractivity contribution is 9.10. The quantitative estimate of drug-likeness (QED) is 0.831. The largest absolute Gasteiger partial charge is 0.313 e. The summed E-state index contributed by atoms with van der Waals surface area (Å²) in [5.41, 5.74) is 2.61. The van der Waals surface area contributed by atoms with Gasteiger partial charge in [0.1, 0.15) is 0 Å². The molecular weight excluding hydrogens is 290 g/mol. The first-order valence-corrected chi connectivity index (χ1v) is 6.98. The molecule has 0 atom stereocenters. The van der Waals surface area contributed by atoms with Gasteiger partial charge in [-0.15, -0.1) is 0 Å². The monoisotopic (exact) mass is 307 g/mol. The van der Waals surface area contributed by atoms with Crippen LogP contribution in [0.1, 0.15) is 17.5 Å². The molecule has 0 saturated carbocycles. The zero-order valence-electron chi connectivity index (χ0n) is 10.6. The molecular formula is C14H18BrN3. The number of rotatable bonds is 6. The molecule has 2 rings (SSSR count). The van der Waals surface area contributed by atoms with Crippen LogP contribution in [0.3, 0.4) is 0 Å². The first-order valence-electron chi connectivity index (χ1n) is 6.19. The Morgan fingerprint density at radius 3 is 3.00 bits per heavy atom. The van der Waals surface area contributed by atoms with E-state index >= 15 is 0 Å². The van der Waals surface area contributed by atoms with Crippen LogP contribution < -0.4 is 5.32 Å². The van der Waals surface area contributed by atoms with Gasteiger partial charge in [-0.05, 0) is 43.1 Å². The average Bonchev–Trinajstić information content (AvgIpc) is 2.86. The van der Waals surface area contributed by atoms with Crippen LogP contribution in [0.5, 0.6) is 0 Å². The van der Waals surface area contributed by atoms with Crippen LogP contribution in [0.2, 0.25) is 0 Å². The van der Waals surface area contributed by atoms with Gasteiger partial charge in [0.05, 0.1) is 0 Å². The Kier molecular flexibility index (Phi) is 4.96. The molecule has 0 fully saturated rings. The van der Waals surface area contributed by atoms with E-state index in [2.05, 4.69) is 51.5 Å². The van der Waals surface area contributed by atoms with Crippen molar-refractivity contribution in [3.05, 3.63) is 52.3 Å². The molecule has 1 aromatic heterocycles. The van der Waals surface area contributed by atoms with E-state index < -0.39 is 0 Å². The van der Waals surface area contributed by atoms with Crippen molar-refractivity contribution in [1.82, 2.24) is 15.1 Å². The standard InChI is InChI=1S/C14H18BrN3/c1-12-10-13(4-5-14(12)15)11-16-6-2-8-18-9-3-7-17-18/h3-5,7,9-10,16H,2,6,8,11H2,1H3. The van der Waals surface area contributed by atoms with Crippen molar-refractivity contribution >= 4 is 15.9 Å².